The quantitative estimate of drug-likeness (QED) is 0.755. The minimum Gasteiger partial charge on any atom is -0.312 e. The van der Waals surface area contributed by atoms with E-state index in [2.05, 4.69) is 17.0 Å². The minimum absolute atomic E-state index is 0.213. The summed E-state index contributed by atoms with van der Waals surface area (Å²) in [5.41, 5.74) is -0.213. The molecule has 18 heavy (non-hydrogen) atoms. The SMILES string of the molecule is CCCNCc1sccc1S(=O)(=O)NC1(C)CC1. The highest BCUT2D eigenvalue weighted by Crippen LogP contribution is 2.36. The Morgan fingerprint density at radius 1 is 1.44 bits per heavy atom. The monoisotopic (exact) mass is 288 g/mol. The van der Waals surface area contributed by atoms with Crippen LogP contribution >= 0.6 is 11.3 Å². The molecule has 2 N–H and O–H groups in total. The lowest BCUT2D eigenvalue weighted by Crippen LogP contribution is -2.34. The Balaban J connectivity index is 2.09. The summed E-state index contributed by atoms with van der Waals surface area (Å²) in [6.45, 7) is 5.57. The van der Waals surface area contributed by atoms with E-state index in [0.717, 1.165) is 30.7 Å². The van der Waals surface area contributed by atoms with Crippen LogP contribution in [0.25, 0.3) is 0 Å². The number of rotatable bonds is 7. The molecule has 0 saturated heterocycles. The molecule has 0 bridgehead atoms. The fraction of sp³-hybridized carbons (Fsp3) is 0.667. The summed E-state index contributed by atoms with van der Waals surface area (Å²) in [6, 6.07) is 1.70. The van der Waals surface area contributed by atoms with Crippen molar-refractivity contribution < 1.29 is 8.42 Å². The summed E-state index contributed by atoms with van der Waals surface area (Å²) in [6.07, 6.45) is 2.91. The molecular weight excluding hydrogens is 268 g/mol. The predicted molar refractivity (Wildman–Crippen MR) is 74.3 cm³/mol. The third-order valence-electron chi connectivity index (χ3n) is 3.09. The van der Waals surface area contributed by atoms with Gasteiger partial charge in [0.15, 0.2) is 0 Å². The Bertz CT molecular complexity index is 504. The van der Waals surface area contributed by atoms with E-state index in [1.165, 1.54) is 11.3 Å². The van der Waals surface area contributed by atoms with E-state index in [9.17, 15) is 8.42 Å². The van der Waals surface area contributed by atoms with Crippen LogP contribution in [0.15, 0.2) is 16.3 Å². The Morgan fingerprint density at radius 3 is 2.78 bits per heavy atom. The average molecular weight is 288 g/mol. The Morgan fingerprint density at radius 2 is 2.17 bits per heavy atom. The van der Waals surface area contributed by atoms with Gasteiger partial charge in [0.25, 0.3) is 0 Å². The summed E-state index contributed by atoms with van der Waals surface area (Å²) in [5.74, 6) is 0. The molecule has 0 aliphatic heterocycles. The largest absolute Gasteiger partial charge is 0.312 e. The van der Waals surface area contributed by atoms with E-state index < -0.39 is 10.0 Å². The standard InChI is InChI=1S/C12H20N2O2S2/c1-3-7-13-9-10-11(4-8-17-10)18(15,16)14-12(2)5-6-12/h4,8,13-14H,3,5-7,9H2,1-2H3. The Hall–Kier alpha value is -0.430. The molecule has 1 aliphatic rings. The lowest BCUT2D eigenvalue weighted by atomic mass is 10.4. The molecule has 4 nitrogen and oxygen atoms in total. The van der Waals surface area contributed by atoms with E-state index in [1.807, 2.05) is 12.3 Å². The van der Waals surface area contributed by atoms with Gasteiger partial charge < -0.3 is 5.32 Å². The number of sulfonamides is 1. The average Bonchev–Trinajstić information content (AvgIpc) is 2.81. The van der Waals surface area contributed by atoms with Gasteiger partial charge in [-0.3, -0.25) is 0 Å². The molecule has 1 aliphatic carbocycles. The lowest BCUT2D eigenvalue weighted by Gasteiger charge is -2.12. The second kappa shape index (κ2) is 5.28. The molecule has 102 valence electrons. The summed E-state index contributed by atoms with van der Waals surface area (Å²) >= 11 is 1.49. The first-order chi connectivity index (χ1) is 8.47. The molecule has 2 rings (SSSR count). The van der Waals surface area contributed by atoms with Gasteiger partial charge in [-0.1, -0.05) is 6.92 Å². The van der Waals surface area contributed by atoms with E-state index in [4.69, 9.17) is 0 Å². The Labute approximate surface area is 113 Å². The second-order valence-corrected chi connectivity index (χ2v) is 7.70. The van der Waals surface area contributed by atoms with Gasteiger partial charge in [-0.05, 0) is 44.2 Å². The van der Waals surface area contributed by atoms with Crippen LogP contribution in [0.5, 0.6) is 0 Å². The molecule has 0 amide bonds. The molecule has 6 heteroatoms. The van der Waals surface area contributed by atoms with Crippen LogP contribution in [0, 0.1) is 0 Å². The third kappa shape index (κ3) is 3.32. The van der Waals surface area contributed by atoms with Crippen molar-refractivity contribution in [3.63, 3.8) is 0 Å². The van der Waals surface area contributed by atoms with Crippen LogP contribution in [0.1, 0.15) is 38.0 Å². The fourth-order valence-electron chi connectivity index (χ4n) is 1.74. The van der Waals surface area contributed by atoms with E-state index in [-0.39, 0.29) is 5.54 Å². The van der Waals surface area contributed by atoms with Crippen molar-refractivity contribution >= 4 is 21.4 Å². The molecule has 0 spiro atoms. The van der Waals surface area contributed by atoms with Crippen molar-refractivity contribution in [2.75, 3.05) is 6.54 Å². The van der Waals surface area contributed by atoms with Gasteiger partial charge in [0.1, 0.15) is 0 Å². The zero-order chi connectivity index (χ0) is 13.2. The van der Waals surface area contributed by atoms with Gasteiger partial charge >= 0.3 is 0 Å². The number of hydrogen-bond acceptors (Lipinski definition) is 4. The van der Waals surface area contributed by atoms with Crippen LogP contribution in [-0.2, 0) is 16.6 Å². The minimum atomic E-state index is -3.36. The maximum Gasteiger partial charge on any atom is 0.242 e. The number of nitrogens with one attached hydrogen (secondary N) is 2. The van der Waals surface area contributed by atoms with Gasteiger partial charge in [-0.2, -0.15) is 0 Å². The maximum atomic E-state index is 12.3. The zero-order valence-electron chi connectivity index (χ0n) is 10.8. The highest BCUT2D eigenvalue weighted by atomic mass is 32.2. The van der Waals surface area contributed by atoms with Crippen molar-refractivity contribution in [2.45, 2.75) is 50.1 Å². The molecule has 1 saturated carbocycles. The van der Waals surface area contributed by atoms with E-state index >= 15 is 0 Å². The molecule has 0 aromatic carbocycles. The smallest absolute Gasteiger partial charge is 0.242 e. The van der Waals surface area contributed by atoms with Gasteiger partial charge in [0.2, 0.25) is 10.0 Å². The van der Waals surface area contributed by atoms with Crippen LogP contribution in [0.2, 0.25) is 0 Å². The first kappa shape index (κ1) is 14.0. The van der Waals surface area contributed by atoms with Crippen LogP contribution in [0.4, 0.5) is 0 Å². The van der Waals surface area contributed by atoms with E-state index in [1.54, 1.807) is 6.07 Å². The van der Waals surface area contributed by atoms with Gasteiger partial charge in [0, 0.05) is 17.0 Å². The molecule has 0 unspecified atom stereocenters. The first-order valence-electron chi connectivity index (χ1n) is 6.28. The van der Waals surface area contributed by atoms with Crippen LogP contribution < -0.4 is 10.0 Å². The highest BCUT2D eigenvalue weighted by molar-refractivity contribution is 7.89. The normalized spacial score (nSPS) is 17.9. The highest BCUT2D eigenvalue weighted by Gasteiger charge is 2.41. The topological polar surface area (TPSA) is 58.2 Å². The molecule has 1 heterocycles. The van der Waals surface area contributed by atoms with Crippen molar-refractivity contribution in [2.24, 2.45) is 0 Å². The van der Waals surface area contributed by atoms with Gasteiger partial charge in [0.05, 0.1) is 4.90 Å². The Kier molecular flexibility index (Phi) is 4.11. The van der Waals surface area contributed by atoms with Crippen LogP contribution in [-0.4, -0.2) is 20.5 Å². The van der Waals surface area contributed by atoms with Crippen molar-refractivity contribution in [1.82, 2.24) is 10.0 Å². The molecule has 0 radical (unpaired) electrons. The van der Waals surface area contributed by atoms with Gasteiger partial charge in [-0.15, -0.1) is 11.3 Å². The molecule has 1 aromatic heterocycles. The van der Waals surface area contributed by atoms with Crippen molar-refractivity contribution in [1.29, 1.82) is 0 Å². The summed E-state index contributed by atoms with van der Waals surface area (Å²) in [7, 11) is -3.36. The molecule has 1 fully saturated rings. The van der Waals surface area contributed by atoms with Crippen molar-refractivity contribution in [3.05, 3.63) is 16.3 Å². The van der Waals surface area contributed by atoms with E-state index in [0.29, 0.717) is 11.4 Å². The fourth-order valence-corrected chi connectivity index (χ4v) is 4.62. The summed E-state index contributed by atoms with van der Waals surface area (Å²) in [4.78, 5) is 1.32. The third-order valence-corrected chi connectivity index (χ3v) is 5.86. The number of hydrogen-bond donors (Lipinski definition) is 2. The van der Waals surface area contributed by atoms with Crippen LogP contribution in [0.3, 0.4) is 0 Å². The maximum absolute atomic E-state index is 12.3. The first-order valence-corrected chi connectivity index (χ1v) is 8.64. The summed E-state index contributed by atoms with van der Waals surface area (Å²) < 4.78 is 27.3. The number of thiophene rings is 1. The van der Waals surface area contributed by atoms with Crippen molar-refractivity contribution in [3.8, 4) is 0 Å². The summed E-state index contributed by atoms with van der Waals surface area (Å²) in [5, 5.41) is 5.09. The zero-order valence-corrected chi connectivity index (χ0v) is 12.5. The molecule has 1 aromatic rings. The second-order valence-electron chi connectivity index (χ2n) is 5.05. The lowest BCUT2D eigenvalue weighted by molar-refractivity contribution is 0.556. The molecular formula is C12H20N2O2S2. The van der Waals surface area contributed by atoms with Gasteiger partial charge in [-0.25, -0.2) is 13.1 Å². The predicted octanol–water partition coefficient (Wildman–Crippen LogP) is 2.08. The molecule has 0 atom stereocenters.